The Labute approximate surface area is 122 Å². The van der Waals surface area contributed by atoms with Crippen molar-refractivity contribution in [3.05, 3.63) is 15.6 Å². The molecule has 2 rings (SSSR count). The maximum atomic E-state index is 4.96. The van der Waals surface area contributed by atoms with Gasteiger partial charge < -0.3 is 5.32 Å². The molecule has 0 bridgehead atoms. The number of fused-ring (bicyclic) bond motifs is 1. The molecule has 1 unspecified atom stereocenters. The van der Waals surface area contributed by atoms with Gasteiger partial charge in [-0.3, -0.25) is 0 Å². The van der Waals surface area contributed by atoms with Crippen LogP contribution in [0.5, 0.6) is 0 Å². The molecule has 3 heteroatoms. The summed E-state index contributed by atoms with van der Waals surface area (Å²) in [7, 11) is 0. The molecule has 1 heterocycles. The van der Waals surface area contributed by atoms with E-state index in [1.165, 1.54) is 42.8 Å². The first-order chi connectivity index (χ1) is 9.06. The summed E-state index contributed by atoms with van der Waals surface area (Å²) in [5.74, 6) is 1.43. The molecular weight excluding hydrogens is 252 g/mol. The van der Waals surface area contributed by atoms with Crippen LogP contribution in [0.1, 0.15) is 68.5 Å². The molecule has 1 atom stereocenters. The van der Waals surface area contributed by atoms with E-state index < -0.39 is 0 Å². The molecule has 0 saturated carbocycles. The lowest BCUT2D eigenvalue weighted by Gasteiger charge is -2.22. The van der Waals surface area contributed by atoms with E-state index in [1.807, 2.05) is 11.3 Å². The molecule has 1 aromatic rings. The average Bonchev–Trinajstić information content (AvgIpc) is 2.77. The van der Waals surface area contributed by atoms with Crippen molar-refractivity contribution in [3.8, 4) is 0 Å². The number of aromatic nitrogens is 1. The number of rotatable bonds is 6. The van der Waals surface area contributed by atoms with Gasteiger partial charge in [-0.2, -0.15) is 0 Å². The van der Waals surface area contributed by atoms with Gasteiger partial charge in [0.2, 0.25) is 0 Å². The quantitative estimate of drug-likeness (QED) is 0.846. The van der Waals surface area contributed by atoms with E-state index in [-0.39, 0.29) is 0 Å². The monoisotopic (exact) mass is 280 g/mol. The Morgan fingerprint density at radius 2 is 2.11 bits per heavy atom. The molecule has 1 aromatic heterocycles. The molecule has 1 N–H and O–H groups in total. The minimum atomic E-state index is 0.574. The number of thiazole rings is 1. The van der Waals surface area contributed by atoms with Gasteiger partial charge in [0.15, 0.2) is 0 Å². The molecule has 0 aliphatic heterocycles. The first-order valence-electron chi connectivity index (χ1n) is 7.78. The smallest absolute Gasteiger partial charge is 0.0931 e. The summed E-state index contributed by atoms with van der Waals surface area (Å²) >= 11 is 1.98. The molecule has 19 heavy (non-hydrogen) atoms. The van der Waals surface area contributed by atoms with Crippen LogP contribution >= 0.6 is 11.3 Å². The van der Waals surface area contributed by atoms with Crippen LogP contribution in [0.2, 0.25) is 0 Å². The van der Waals surface area contributed by atoms with Crippen molar-refractivity contribution in [2.45, 2.75) is 71.8 Å². The van der Waals surface area contributed by atoms with Crippen LogP contribution < -0.4 is 5.32 Å². The molecule has 2 nitrogen and oxygen atoms in total. The van der Waals surface area contributed by atoms with Crippen LogP contribution in [0, 0.1) is 5.92 Å². The van der Waals surface area contributed by atoms with Gasteiger partial charge in [0, 0.05) is 23.4 Å². The Hall–Kier alpha value is -0.410. The predicted octanol–water partition coefficient (Wildman–Crippen LogP) is 4.15. The van der Waals surface area contributed by atoms with E-state index in [2.05, 4.69) is 33.0 Å². The summed E-state index contributed by atoms with van der Waals surface area (Å²) in [6, 6.07) is 0.574. The highest BCUT2D eigenvalue weighted by Crippen LogP contribution is 2.35. The van der Waals surface area contributed by atoms with Crippen molar-refractivity contribution >= 4 is 11.3 Å². The second-order valence-corrected chi connectivity index (χ2v) is 7.67. The van der Waals surface area contributed by atoms with Crippen molar-refractivity contribution in [2.75, 3.05) is 6.54 Å². The van der Waals surface area contributed by atoms with Gasteiger partial charge in [0.25, 0.3) is 0 Å². The van der Waals surface area contributed by atoms with Gasteiger partial charge in [-0.15, -0.1) is 11.3 Å². The highest BCUT2D eigenvalue weighted by molar-refractivity contribution is 7.11. The van der Waals surface area contributed by atoms with E-state index in [4.69, 9.17) is 4.98 Å². The lowest BCUT2D eigenvalue weighted by Crippen LogP contribution is -2.29. The van der Waals surface area contributed by atoms with Crippen molar-refractivity contribution < 1.29 is 0 Å². The summed E-state index contributed by atoms with van der Waals surface area (Å²) in [6.45, 7) is 10.1. The summed E-state index contributed by atoms with van der Waals surface area (Å²) in [4.78, 5) is 6.53. The first-order valence-corrected chi connectivity index (χ1v) is 8.59. The van der Waals surface area contributed by atoms with Crippen molar-refractivity contribution in [1.29, 1.82) is 0 Å². The molecule has 0 aromatic carbocycles. The predicted molar refractivity (Wildman–Crippen MR) is 84.1 cm³/mol. The van der Waals surface area contributed by atoms with Crippen LogP contribution in [0.3, 0.4) is 0 Å². The van der Waals surface area contributed by atoms with E-state index >= 15 is 0 Å². The fourth-order valence-electron chi connectivity index (χ4n) is 2.65. The summed E-state index contributed by atoms with van der Waals surface area (Å²) in [5.41, 5.74) is 1.42. The van der Waals surface area contributed by atoms with Gasteiger partial charge in [-0.05, 0) is 38.0 Å². The highest BCUT2D eigenvalue weighted by atomic mass is 32.1. The molecule has 0 amide bonds. The van der Waals surface area contributed by atoms with E-state index in [1.54, 1.807) is 4.88 Å². The topological polar surface area (TPSA) is 24.9 Å². The zero-order valence-electron chi connectivity index (χ0n) is 12.8. The standard InChI is InChI=1S/C16H28N2S/c1-11(2)8-9-15-18-16-13(10-17-12(3)4)6-5-7-14(16)19-15/h11-13,17H,5-10H2,1-4H3. The van der Waals surface area contributed by atoms with Gasteiger partial charge in [-0.1, -0.05) is 27.7 Å². The Bertz CT molecular complexity index is 395. The highest BCUT2D eigenvalue weighted by Gasteiger charge is 2.24. The number of nitrogens with one attached hydrogen (secondary N) is 1. The van der Waals surface area contributed by atoms with E-state index in [9.17, 15) is 0 Å². The second-order valence-electron chi connectivity index (χ2n) is 6.50. The van der Waals surface area contributed by atoms with Crippen molar-refractivity contribution in [2.24, 2.45) is 5.92 Å². The van der Waals surface area contributed by atoms with Crippen molar-refractivity contribution in [1.82, 2.24) is 10.3 Å². The minimum absolute atomic E-state index is 0.574. The fraction of sp³-hybridized carbons (Fsp3) is 0.812. The van der Waals surface area contributed by atoms with Crippen LogP contribution in [0.15, 0.2) is 0 Å². The number of aryl methyl sites for hydroxylation is 2. The number of hydrogen-bond donors (Lipinski definition) is 1. The van der Waals surface area contributed by atoms with Gasteiger partial charge >= 0.3 is 0 Å². The van der Waals surface area contributed by atoms with Crippen LogP contribution in [-0.2, 0) is 12.8 Å². The molecule has 108 valence electrons. The maximum Gasteiger partial charge on any atom is 0.0931 e. The molecule has 1 aliphatic carbocycles. The zero-order chi connectivity index (χ0) is 13.8. The fourth-order valence-corrected chi connectivity index (χ4v) is 3.87. The van der Waals surface area contributed by atoms with E-state index in [0.29, 0.717) is 12.0 Å². The molecule has 1 aliphatic rings. The lowest BCUT2D eigenvalue weighted by molar-refractivity contribution is 0.474. The Balaban J connectivity index is 2.01. The average molecular weight is 280 g/mol. The summed E-state index contributed by atoms with van der Waals surface area (Å²) < 4.78 is 0. The molecule has 0 spiro atoms. The summed E-state index contributed by atoms with van der Waals surface area (Å²) in [5, 5.41) is 4.95. The van der Waals surface area contributed by atoms with Crippen LogP contribution in [0.4, 0.5) is 0 Å². The van der Waals surface area contributed by atoms with Gasteiger partial charge in [0.05, 0.1) is 10.7 Å². The normalized spacial score (nSPS) is 19.2. The SMILES string of the molecule is CC(C)CCc1nc2c(s1)CCCC2CNC(C)C. The molecule has 0 radical (unpaired) electrons. The second kappa shape index (κ2) is 6.85. The largest absolute Gasteiger partial charge is 0.314 e. The number of nitrogens with zero attached hydrogens (tertiary/aromatic N) is 1. The maximum absolute atomic E-state index is 4.96. The first kappa shape index (κ1) is 15.0. The third-order valence-electron chi connectivity index (χ3n) is 3.82. The number of hydrogen-bond acceptors (Lipinski definition) is 3. The zero-order valence-corrected chi connectivity index (χ0v) is 13.6. The van der Waals surface area contributed by atoms with Crippen LogP contribution in [-0.4, -0.2) is 17.6 Å². The van der Waals surface area contributed by atoms with Gasteiger partial charge in [-0.25, -0.2) is 4.98 Å². The van der Waals surface area contributed by atoms with E-state index in [0.717, 1.165) is 12.5 Å². The Morgan fingerprint density at radius 3 is 2.79 bits per heavy atom. The lowest BCUT2D eigenvalue weighted by atomic mass is 9.91. The third kappa shape index (κ3) is 4.28. The minimum Gasteiger partial charge on any atom is -0.314 e. The molecule has 0 saturated heterocycles. The van der Waals surface area contributed by atoms with Crippen LogP contribution in [0.25, 0.3) is 0 Å². The molecular formula is C16H28N2S. The Kier molecular flexibility index (Phi) is 5.40. The van der Waals surface area contributed by atoms with Crippen molar-refractivity contribution in [3.63, 3.8) is 0 Å². The third-order valence-corrected chi connectivity index (χ3v) is 5.01. The molecule has 0 fully saturated rings. The Morgan fingerprint density at radius 1 is 1.32 bits per heavy atom. The summed E-state index contributed by atoms with van der Waals surface area (Å²) in [6.07, 6.45) is 6.33. The van der Waals surface area contributed by atoms with Gasteiger partial charge in [0.1, 0.15) is 0 Å².